The monoisotopic (exact) mass is 421 g/mol. The predicted octanol–water partition coefficient (Wildman–Crippen LogP) is 5.10. The number of carbonyl (C=O) groups excluding carboxylic acids is 2. The normalized spacial score (nSPS) is 18.1. The van der Waals surface area contributed by atoms with Crippen LogP contribution in [0.3, 0.4) is 0 Å². The van der Waals surface area contributed by atoms with Crippen molar-refractivity contribution in [2.75, 3.05) is 0 Å². The highest BCUT2D eigenvalue weighted by Gasteiger charge is 2.46. The van der Waals surface area contributed by atoms with Gasteiger partial charge in [0.25, 0.3) is 11.7 Å². The molecule has 1 N–H and O–H groups in total. The van der Waals surface area contributed by atoms with Crippen LogP contribution in [0.4, 0.5) is 4.39 Å². The SMILES string of the molecule is O=C1C(=O)N(Cc2ccccc2)[C@@H](c2ccccc2F)/C1=C(\O)c1ccc(Cl)cc1. The zero-order valence-corrected chi connectivity index (χ0v) is 16.5. The fraction of sp³-hybridized carbons (Fsp3) is 0.0833. The van der Waals surface area contributed by atoms with Crippen molar-refractivity contribution >= 4 is 29.1 Å². The average Bonchev–Trinajstić information content (AvgIpc) is 3.00. The number of aliphatic hydroxyl groups is 1. The van der Waals surface area contributed by atoms with Crippen molar-refractivity contribution in [1.29, 1.82) is 0 Å². The average molecular weight is 422 g/mol. The Labute approximate surface area is 177 Å². The van der Waals surface area contributed by atoms with Gasteiger partial charge >= 0.3 is 0 Å². The molecule has 4 rings (SSSR count). The summed E-state index contributed by atoms with van der Waals surface area (Å²) in [5.41, 5.74) is 1.09. The van der Waals surface area contributed by atoms with Gasteiger partial charge in [-0.1, -0.05) is 60.1 Å². The molecule has 1 aliphatic rings. The zero-order chi connectivity index (χ0) is 21.3. The third-order valence-corrected chi connectivity index (χ3v) is 5.31. The van der Waals surface area contributed by atoms with Gasteiger partial charge in [0.15, 0.2) is 0 Å². The van der Waals surface area contributed by atoms with E-state index >= 15 is 0 Å². The van der Waals surface area contributed by atoms with Crippen LogP contribution in [0.5, 0.6) is 0 Å². The summed E-state index contributed by atoms with van der Waals surface area (Å²) in [6.07, 6.45) is 0. The Kier molecular flexibility index (Phi) is 5.38. The lowest BCUT2D eigenvalue weighted by atomic mass is 9.95. The Morgan fingerprint density at radius 2 is 1.57 bits per heavy atom. The summed E-state index contributed by atoms with van der Waals surface area (Å²) in [5.74, 6) is -2.58. The molecule has 1 fully saturated rings. The summed E-state index contributed by atoms with van der Waals surface area (Å²) in [7, 11) is 0. The molecule has 0 saturated carbocycles. The Morgan fingerprint density at radius 1 is 0.933 bits per heavy atom. The van der Waals surface area contributed by atoms with Crippen molar-refractivity contribution in [2.45, 2.75) is 12.6 Å². The number of Topliss-reactive ketones (excluding diaryl/α,β-unsaturated/α-hetero) is 1. The third kappa shape index (κ3) is 3.60. The van der Waals surface area contributed by atoms with E-state index in [-0.39, 0.29) is 23.4 Å². The Hall–Kier alpha value is -3.44. The number of rotatable bonds is 4. The lowest BCUT2D eigenvalue weighted by Gasteiger charge is -2.25. The molecule has 0 bridgehead atoms. The van der Waals surface area contributed by atoms with E-state index in [0.29, 0.717) is 10.6 Å². The molecule has 0 spiro atoms. The van der Waals surface area contributed by atoms with Crippen LogP contribution < -0.4 is 0 Å². The van der Waals surface area contributed by atoms with Crippen LogP contribution in [0, 0.1) is 5.82 Å². The molecule has 4 nitrogen and oxygen atoms in total. The van der Waals surface area contributed by atoms with Crippen LogP contribution in [0.25, 0.3) is 5.76 Å². The maximum Gasteiger partial charge on any atom is 0.295 e. The molecule has 30 heavy (non-hydrogen) atoms. The first-order chi connectivity index (χ1) is 14.5. The molecule has 0 aliphatic carbocycles. The quantitative estimate of drug-likeness (QED) is 0.362. The van der Waals surface area contributed by atoms with Gasteiger partial charge in [-0.2, -0.15) is 0 Å². The van der Waals surface area contributed by atoms with E-state index in [0.717, 1.165) is 5.56 Å². The molecule has 0 unspecified atom stereocenters. The van der Waals surface area contributed by atoms with E-state index in [1.165, 1.54) is 23.1 Å². The number of amides is 1. The van der Waals surface area contributed by atoms with Gasteiger partial charge in [0, 0.05) is 22.7 Å². The summed E-state index contributed by atoms with van der Waals surface area (Å²) < 4.78 is 14.7. The minimum atomic E-state index is -1.05. The second kappa shape index (κ2) is 8.13. The smallest absolute Gasteiger partial charge is 0.295 e. The van der Waals surface area contributed by atoms with Gasteiger partial charge in [0.1, 0.15) is 11.6 Å². The zero-order valence-electron chi connectivity index (χ0n) is 15.8. The van der Waals surface area contributed by atoms with Gasteiger partial charge in [-0.3, -0.25) is 9.59 Å². The maximum absolute atomic E-state index is 14.7. The van der Waals surface area contributed by atoms with Crippen LogP contribution in [0.2, 0.25) is 5.02 Å². The summed E-state index contributed by atoms with van der Waals surface area (Å²) in [6.45, 7) is 0.0990. The first-order valence-electron chi connectivity index (χ1n) is 9.30. The van der Waals surface area contributed by atoms with E-state index < -0.39 is 23.5 Å². The summed E-state index contributed by atoms with van der Waals surface area (Å²) in [6, 6.07) is 20.2. The second-order valence-electron chi connectivity index (χ2n) is 6.94. The van der Waals surface area contributed by atoms with E-state index in [4.69, 9.17) is 11.6 Å². The number of benzene rings is 3. The summed E-state index contributed by atoms with van der Waals surface area (Å²) >= 11 is 5.91. The number of nitrogens with zero attached hydrogens (tertiary/aromatic N) is 1. The van der Waals surface area contributed by atoms with Gasteiger partial charge in [0.2, 0.25) is 0 Å². The Bertz CT molecular complexity index is 1140. The molecule has 3 aromatic rings. The highest BCUT2D eigenvalue weighted by atomic mass is 35.5. The number of ketones is 1. The Morgan fingerprint density at radius 3 is 2.23 bits per heavy atom. The van der Waals surface area contributed by atoms with Gasteiger partial charge in [-0.15, -0.1) is 0 Å². The van der Waals surface area contributed by atoms with Crippen molar-refractivity contribution in [2.24, 2.45) is 0 Å². The molecule has 1 amide bonds. The molecule has 1 saturated heterocycles. The molecule has 1 aliphatic heterocycles. The molecular formula is C24H17ClFNO3. The molecule has 0 radical (unpaired) electrons. The first kappa shape index (κ1) is 19.9. The lowest BCUT2D eigenvalue weighted by molar-refractivity contribution is -0.140. The molecule has 1 atom stereocenters. The van der Waals surface area contributed by atoms with Crippen molar-refractivity contribution in [3.8, 4) is 0 Å². The minimum absolute atomic E-state index is 0.0990. The van der Waals surface area contributed by atoms with Crippen molar-refractivity contribution < 1.29 is 19.1 Å². The highest BCUT2D eigenvalue weighted by molar-refractivity contribution is 6.46. The third-order valence-electron chi connectivity index (χ3n) is 5.05. The van der Waals surface area contributed by atoms with Crippen LogP contribution in [0.15, 0.2) is 84.4 Å². The van der Waals surface area contributed by atoms with Gasteiger partial charge < -0.3 is 10.0 Å². The van der Waals surface area contributed by atoms with Crippen LogP contribution in [-0.2, 0) is 16.1 Å². The van der Waals surface area contributed by atoms with Crippen LogP contribution in [0.1, 0.15) is 22.7 Å². The maximum atomic E-state index is 14.7. The van der Waals surface area contributed by atoms with E-state index in [9.17, 15) is 19.1 Å². The van der Waals surface area contributed by atoms with E-state index in [1.54, 1.807) is 30.3 Å². The summed E-state index contributed by atoms with van der Waals surface area (Å²) in [5, 5.41) is 11.4. The number of halogens is 2. The minimum Gasteiger partial charge on any atom is -0.507 e. The van der Waals surface area contributed by atoms with Gasteiger partial charge in [-0.25, -0.2) is 4.39 Å². The van der Waals surface area contributed by atoms with Crippen LogP contribution in [-0.4, -0.2) is 21.7 Å². The second-order valence-corrected chi connectivity index (χ2v) is 7.38. The number of hydrogen-bond donors (Lipinski definition) is 1. The Balaban J connectivity index is 1.88. The number of aliphatic hydroxyl groups excluding tert-OH is 1. The fourth-order valence-electron chi connectivity index (χ4n) is 3.61. The largest absolute Gasteiger partial charge is 0.507 e. The van der Waals surface area contributed by atoms with Crippen molar-refractivity contribution in [1.82, 2.24) is 4.90 Å². The first-order valence-corrected chi connectivity index (χ1v) is 9.68. The highest BCUT2D eigenvalue weighted by Crippen LogP contribution is 2.41. The predicted molar refractivity (Wildman–Crippen MR) is 112 cm³/mol. The topological polar surface area (TPSA) is 57.6 Å². The molecule has 1 heterocycles. The standard InChI is InChI=1S/C24H17ClFNO3/c25-17-12-10-16(11-13-17)22(28)20-21(18-8-4-5-9-19(18)26)27(24(30)23(20)29)14-15-6-2-1-3-7-15/h1-13,21,28H,14H2/b22-20+/t21-/m0/s1. The molecule has 6 heteroatoms. The lowest BCUT2D eigenvalue weighted by Crippen LogP contribution is -2.29. The van der Waals surface area contributed by atoms with Crippen LogP contribution >= 0.6 is 11.6 Å². The summed E-state index contributed by atoms with van der Waals surface area (Å²) in [4.78, 5) is 27.1. The number of carbonyl (C=O) groups is 2. The van der Waals surface area contributed by atoms with E-state index in [2.05, 4.69) is 0 Å². The molecule has 150 valence electrons. The number of likely N-dealkylation sites (tertiary alicyclic amines) is 1. The van der Waals surface area contributed by atoms with E-state index in [1.807, 2.05) is 30.3 Å². The van der Waals surface area contributed by atoms with Gasteiger partial charge in [0.05, 0.1) is 11.6 Å². The fourth-order valence-corrected chi connectivity index (χ4v) is 3.73. The van der Waals surface area contributed by atoms with Crippen molar-refractivity contribution in [3.05, 3.63) is 112 Å². The molecule has 0 aromatic heterocycles. The van der Waals surface area contributed by atoms with Gasteiger partial charge in [-0.05, 0) is 35.9 Å². The van der Waals surface area contributed by atoms with Crippen molar-refractivity contribution in [3.63, 3.8) is 0 Å². The molecular weight excluding hydrogens is 405 g/mol. The number of hydrogen-bond acceptors (Lipinski definition) is 3. The molecule has 3 aromatic carbocycles.